The first-order chi connectivity index (χ1) is 11.9. The molecule has 0 aromatic carbocycles. The van der Waals surface area contributed by atoms with Crippen molar-refractivity contribution in [2.75, 3.05) is 0 Å². The second-order valence-electron chi connectivity index (χ2n) is 6.67. The van der Waals surface area contributed by atoms with Crippen LogP contribution < -0.4 is 0 Å². The van der Waals surface area contributed by atoms with Gasteiger partial charge in [0.1, 0.15) is 6.33 Å². The Kier molecular flexibility index (Phi) is 4.49. The SMILES string of the molecule is c1cnc2c(-c3cc(C4CCCCCCCC4)ncn3)cnn2c1. The van der Waals surface area contributed by atoms with Crippen LogP contribution in [-0.2, 0) is 0 Å². The molecular formula is C19H23N5. The van der Waals surface area contributed by atoms with Crippen LogP contribution in [-0.4, -0.2) is 24.6 Å². The van der Waals surface area contributed by atoms with Gasteiger partial charge in [-0.2, -0.15) is 5.10 Å². The summed E-state index contributed by atoms with van der Waals surface area (Å²) in [6.45, 7) is 0. The van der Waals surface area contributed by atoms with Crippen molar-refractivity contribution in [2.45, 2.75) is 57.3 Å². The summed E-state index contributed by atoms with van der Waals surface area (Å²) in [6, 6.07) is 4.03. The molecule has 0 spiro atoms. The standard InChI is InChI=1S/C19H23N5/c1-2-4-6-9-15(8-5-3-1)17-12-18(22-14-21-17)16-13-23-24-11-7-10-20-19(16)24/h7,10-15H,1-6,8-9H2. The molecule has 0 atom stereocenters. The first kappa shape index (κ1) is 15.2. The van der Waals surface area contributed by atoms with Gasteiger partial charge < -0.3 is 0 Å². The van der Waals surface area contributed by atoms with Crippen molar-refractivity contribution in [1.82, 2.24) is 24.6 Å². The second kappa shape index (κ2) is 7.07. The summed E-state index contributed by atoms with van der Waals surface area (Å²) in [7, 11) is 0. The second-order valence-corrected chi connectivity index (χ2v) is 6.67. The lowest BCUT2D eigenvalue weighted by molar-refractivity contribution is 0.528. The highest BCUT2D eigenvalue weighted by Crippen LogP contribution is 2.31. The van der Waals surface area contributed by atoms with Crippen LogP contribution in [0.2, 0.25) is 0 Å². The van der Waals surface area contributed by atoms with Gasteiger partial charge in [0.25, 0.3) is 0 Å². The van der Waals surface area contributed by atoms with Gasteiger partial charge in [0.15, 0.2) is 5.65 Å². The third-order valence-corrected chi connectivity index (χ3v) is 5.02. The Balaban J connectivity index is 1.65. The highest BCUT2D eigenvalue weighted by molar-refractivity contribution is 5.74. The van der Waals surface area contributed by atoms with E-state index in [1.54, 1.807) is 17.0 Å². The van der Waals surface area contributed by atoms with Gasteiger partial charge in [-0.15, -0.1) is 0 Å². The number of aromatic nitrogens is 5. The summed E-state index contributed by atoms with van der Waals surface area (Å²) in [5.41, 5.74) is 3.92. The van der Waals surface area contributed by atoms with Gasteiger partial charge in [-0.05, 0) is 25.0 Å². The summed E-state index contributed by atoms with van der Waals surface area (Å²) in [5.74, 6) is 0.555. The van der Waals surface area contributed by atoms with Gasteiger partial charge >= 0.3 is 0 Å². The number of fused-ring (bicyclic) bond motifs is 1. The predicted octanol–water partition coefficient (Wildman–Crippen LogP) is 4.40. The van der Waals surface area contributed by atoms with Crippen molar-refractivity contribution in [3.05, 3.63) is 42.7 Å². The lowest BCUT2D eigenvalue weighted by Crippen LogP contribution is -2.03. The van der Waals surface area contributed by atoms with Crippen molar-refractivity contribution < 1.29 is 0 Å². The van der Waals surface area contributed by atoms with Gasteiger partial charge in [-0.25, -0.2) is 19.5 Å². The minimum Gasteiger partial charge on any atom is -0.241 e. The zero-order valence-electron chi connectivity index (χ0n) is 13.9. The van der Waals surface area contributed by atoms with Gasteiger partial charge in [-0.1, -0.05) is 38.5 Å². The Hall–Kier alpha value is -2.30. The third kappa shape index (κ3) is 3.16. The summed E-state index contributed by atoms with van der Waals surface area (Å²) in [5, 5.41) is 4.37. The number of nitrogens with zero attached hydrogens (tertiary/aromatic N) is 5. The maximum atomic E-state index is 4.60. The van der Waals surface area contributed by atoms with E-state index in [1.807, 2.05) is 18.5 Å². The van der Waals surface area contributed by atoms with Crippen LogP contribution >= 0.6 is 0 Å². The molecule has 0 N–H and O–H groups in total. The van der Waals surface area contributed by atoms with E-state index in [-0.39, 0.29) is 0 Å². The molecule has 124 valence electrons. The molecule has 0 radical (unpaired) electrons. The van der Waals surface area contributed by atoms with E-state index in [2.05, 4.69) is 26.1 Å². The normalized spacial score (nSPS) is 17.3. The van der Waals surface area contributed by atoms with Crippen molar-refractivity contribution >= 4 is 5.65 Å². The van der Waals surface area contributed by atoms with E-state index in [0.29, 0.717) is 5.92 Å². The van der Waals surface area contributed by atoms with Crippen LogP contribution in [0.4, 0.5) is 0 Å². The Morgan fingerprint density at radius 2 is 1.71 bits per heavy atom. The molecule has 0 saturated heterocycles. The Labute approximate surface area is 142 Å². The first-order valence-electron chi connectivity index (χ1n) is 9.02. The molecule has 1 fully saturated rings. The first-order valence-corrected chi connectivity index (χ1v) is 9.02. The van der Waals surface area contributed by atoms with E-state index in [0.717, 1.165) is 16.9 Å². The van der Waals surface area contributed by atoms with Crippen molar-refractivity contribution in [3.63, 3.8) is 0 Å². The molecule has 3 aromatic heterocycles. The Bertz CT molecular complexity index is 800. The summed E-state index contributed by atoms with van der Waals surface area (Å²) < 4.78 is 1.79. The van der Waals surface area contributed by atoms with Crippen LogP contribution in [0.1, 0.15) is 63.0 Å². The molecule has 3 aromatic rings. The van der Waals surface area contributed by atoms with Gasteiger partial charge in [-0.3, -0.25) is 0 Å². The quantitative estimate of drug-likeness (QED) is 0.702. The molecule has 24 heavy (non-hydrogen) atoms. The molecule has 0 amide bonds. The van der Waals surface area contributed by atoms with E-state index in [4.69, 9.17) is 0 Å². The van der Waals surface area contributed by atoms with Crippen LogP contribution in [0, 0.1) is 0 Å². The summed E-state index contributed by atoms with van der Waals surface area (Å²) >= 11 is 0. The lowest BCUT2D eigenvalue weighted by atomic mass is 9.93. The Morgan fingerprint density at radius 1 is 0.917 bits per heavy atom. The molecule has 1 saturated carbocycles. The maximum Gasteiger partial charge on any atom is 0.164 e. The number of hydrogen-bond donors (Lipinski definition) is 0. The van der Waals surface area contributed by atoms with Gasteiger partial charge in [0.2, 0.25) is 0 Å². The largest absolute Gasteiger partial charge is 0.241 e. The van der Waals surface area contributed by atoms with Crippen molar-refractivity contribution in [3.8, 4) is 11.3 Å². The molecule has 0 bridgehead atoms. The molecule has 1 aliphatic carbocycles. The Morgan fingerprint density at radius 3 is 2.54 bits per heavy atom. The van der Waals surface area contributed by atoms with E-state index in [1.165, 1.54) is 57.1 Å². The average molecular weight is 321 g/mol. The van der Waals surface area contributed by atoms with Crippen LogP contribution in [0.25, 0.3) is 16.9 Å². The molecule has 1 aliphatic rings. The van der Waals surface area contributed by atoms with Crippen LogP contribution in [0.5, 0.6) is 0 Å². The molecule has 0 aliphatic heterocycles. The number of rotatable bonds is 2. The fourth-order valence-electron chi connectivity index (χ4n) is 3.68. The summed E-state index contributed by atoms with van der Waals surface area (Å²) in [6.07, 6.45) is 17.8. The zero-order chi connectivity index (χ0) is 16.2. The van der Waals surface area contributed by atoms with Crippen LogP contribution in [0.3, 0.4) is 0 Å². The topological polar surface area (TPSA) is 56.0 Å². The van der Waals surface area contributed by atoms with Crippen molar-refractivity contribution in [1.29, 1.82) is 0 Å². The fourth-order valence-corrected chi connectivity index (χ4v) is 3.68. The molecule has 5 heteroatoms. The molecular weight excluding hydrogens is 298 g/mol. The molecule has 0 unspecified atom stereocenters. The third-order valence-electron chi connectivity index (χ3n) is 5.02. The minimum absolute atomic E-state index is 0.555. The number of hydrogen-bond acceptors (Lipinski definition) is 4. The predicted molar refractivity (Wildman–Crippen MR) is 93.7 cm³/mol. The molecule has 5 nitrogen and oxygen atoms in total. The smallest absolute Gasteiger partial charge is 0.164 e. The monoisotopic (exact) mass is 321 g/mol. The van der Waals surface area contributed by atoms with Crippen LogP contribution in [0.15, 0.2) is 37.1 Å². The minimum atomic E-state index is 0.555. The average Bonchev–Trinajstić information content (AvgIpc) is 3.11. The van der Waals surface area contributed by atoms with E-state index in [9.17, 15) is 0 Å². The van der Waals surface area contributed by atoms with E-state index >= 15 is 0 Å². The van der Waals surface area contributed by atoms with E-state index < -0.39 is 0 Å². The summed E-state index contributed by atoms with van der Waals surface area (Å²) in [4.78, 5) is 13.5. The highest BCUT2D eigenvalue weighted by Gasteiger charge is 2.17. The lowest BCUT2D eigenvalue weighted by Gasteiger charge is -2.15. The van der Waals surface area contributed by atoms with Gasteiger partial charge in [0.05, 0.1) is 17.5 Å². The van der Waals surface area contributed by atoms with Crippen molar-refractivity contribution in [2.24, 2.45) is 0 Å². The zero-order valence-corrected chi connectivity index (χ0v) is 13.9. The fraction of sp³-hybridized carbons (Fsp3) is 0.474. The molecule has 3 heterocycles. The van der Waals surface area contributed by atoms with Gasteiger partial charge in [0, 0.05) is 24.0 Å². The maximum absolute atomic E-state index is 4.60. The highest BCUT2D eigenvalue weighted by atomic mass is 15.2. The molecule has 4 rings (SSSR count).